The van der Waals surface area contributed by atoms with Crippen molar-refractivity contribution in [3.63, 3.8) is 0 Å². The Bertz CT molecular complexity index is 946. The molecule has 0 saturated heterocycles. The normalized spacial score (nSPS) is 11.3. The Labute approximate surface area is 169 Å². The Balaban J connectivity index is 1.55. The van der Waals surface area contributed by atoms with Gasteiger partial charge in [-0.1, -0.05) is 38.5 Å². The second-order valence-corrected chi connectivity index (χ2v) is 8.55. The summed E-state index contributed by atoms with van der Waals surface area (Å²) in [7, 11) is 0. The number of amides is 1. The lowest BCUT2D eigenvalue weighted by Gasteiger charge is -2.23. The topological polar surface area (TPSA) is 64.1 Å². The van der Waals surface area contributed by atoms with Crippen molar-refractivity contribution in [1.82, 2.24) is 15.3 Å². The first kappa shape index (κ1) is 20.0. The van der Waals surface area contributed by atoms with Crippen LogP contribution in [0.3, 0.4) is 0 Å². The summed E-state index contributed by atoms with van der Waals surface area (Å²) in [4.78, 5) is 20.8. The Morgan fingerprint density at radius 3 is 2.64 bits per heavy atom. The highest BCUT2D eigenvalue weighted by Gasteiger charge is 2.19. The largest absolute Gasteiger partial charge is 0.483 e. The van der Waals surface area contributed by atoms with E-state index in [-0.39, 0.29) is 17.9 Å². The number of carbonyl (C=O) groups is 1. The molecule has 0 aliphatic rings. The molecule has 28 heavy (non-hydrogen) atoms. The molecule has 146 valence electrons. The van der Waals surface area contributed by atoms with Crippen molar-refractivity contribution in [3.05, 3.63) is 64.9 Å². The van der Waals surface area contributed by atoms with Crippen LogP contribution in [0.25, 0.3) is 10.6 Å². The summed E-state index contributed by atoms with van der Waals surface area (Å²) < 4.78 is 5.81. The first-order chi connectivity index (χ1) is 13.3. The van der Waals surface area contributed by atoms with E-state index >= 15 is 0 Å². The summed E-state index contributed by atoms with van der Waals surface area (Å²) in [6.45, 7) is 8.82. The van der Waals surface area contributed by atoms with Crippen LogP contribution in [0, 0.1) is 6.92 Å². The van der Waals surface area contributed by atoms with E-state index in [0.717, 1.165) is 27.6 Å². The molecule has 0 aliphatic carbocycles. The van der Waals surface area contributed by atoms with Gasteiger partial charge in [0.05, 0.1) is 12.2 Å². The number of rotatable bonds is 6. The SMILES string of the molecule is Cc1ccc(OCC(=O)NCc2csc(-c3ccncc3)n2)c(C(C)(C)C)c1. The summed E-state index contributed by atoms with van der Waals surface area (Å²) in [6.07, 6.45) is 3.49. The van der Waals surface area contributed by atoms with Crippen molar-refractivity contribution in [2.45, 2.75) is 39.7 Å². The molecule has 0 atom stereocenters. The third kappa shape index (κ3) is 5.16. The zero-order valence-corrected chi connectivity index (χ0v) is 17.5. The fraction of sp³-hybridized carbons (Fsp3) is 0.318. The van der Waals surface area contributed by atoms with Crippen LogP contribution in [0.15, 0.2) is 48.1 Å². The Morgan fingerprint density at radius 1 is 1.18 bits per heavy atom. The van der Waals surface area contributed by atoms with E-state index in [1.165, 1.54) is 5.56 Å². The molecule has 6 heteroatoms. The molecule has 0 saturated carbocycles. The van der Waals surface area contributed by atoms with Gasteiger partial charge in [0, 0.05) is 23.3 Å². The van der Waals surface area contributed by atoms with E-state index in [0.29, 0.717) is 6.54 Å². The second kappa shape index (κ2) is 8.52. The molecule has 2 aromatic heterocycles. The van der Waals surface area contributed by atoms with Crippen molar-refractivity contribution in [1.29, 1.82) is 0 Å². The van der Waals surface area contributed by atoms with E-state index < -0.39 is 0 Å². The molecule has 1 amide bonds. The molecular formula is C22H25N3O2S. The third-order valence-electron chi connectivity index (χ3n) is 4.25. The zero-order valence-electron chi connectivity index (χ0n) is 16.7. The lowest BCUT2D eigenvalue weighted by atomic mass is 9.85. The van der Waals surface area contributed by atoms with Crippen molar-refractivity contribution >= 4 is 17.2 Å². The molecular weight excluding hydrogens is 370 g/mol. The number of hydrogen-bond acceptors (Lipinski definition) is 5. The maximum absolute atomic E-state index is 12.2. The predicted molar refractivity (Wildman–Crippen MR) is 113 cm³/mol. The van der Waals surface area contributed by atoms with Crippen LogP contribution in [0.5, 0.6) is 5.75 Å². The molecule has 0 fully saturated rings. The molecule has 1 N–H and O–H groups in total. The molecule has 5 nitrogen and oxygen atoms in total. The van der Waals surface area contributed by atoms with Gasteiger partial charge in [0.2, 0.25) is 0 Å². The standard InChI is InChI=1S/C22H25N3O2S/c1-15-5-6-19(18(11-15)22(2,3)4)27-13-20(26)24-12-17-14-28-21(25-17)16-7-9-23-10-8-16/h5-11,14H,12-13H2,1-4H3,(H,24,26). The van der Waals surface area contributed by atoms with Crippen molar-refractivity contribution < 1.29 is 9.53 Å². The van der Waals surface area contributed by atoms with Crippen LogP contribution in [-0.2, 0) is 16.8 Å². The number of thiazole rings is 1. The van der Waals surface area contributed by atoms with Crippen molar-refractivity contribution in [2.24, 2.45) is 0 Å². The lowest BCUT2D eigenvalue weighted by molar-refractivity contribution is -0.123. The fourth-order valence-electron chi connectivity index (χ4n) is 2.75. The van der Waals surface area contributed by atoms with E-state index in [1.807, 2.05) is 29.6 Å². The minimum Gasteiger partial charge on any atom is -0.483 e. The predicted octanol–water partition coefficient (Wildman–Crippen LogP) is 4.51. The first-order valence-corrected chi connectivity index (χ1v) is 10.1. The molecule has 3 rings (SSSR count). The quantitative estimate of drug-likeness (QED) is 0.667. The Hall–Kier alpha value is -2.73. The van der Waals surface area contributed by atoms with Gasteiger partial charge in [-0.05, 0) is 36.1 Å². The van der Waals surface area contributed by atoms with Crippen LogP contribution in [0.1, 0.15) is 37.6 Å². The van der Waals surface area contributed by atoms with Gasteiger partial charge in [0.1, 0.15) is 10.8 Å². The molecule has 2 heterocycles. The van der Waals surface area contributed by atoms with Crippen LogP contribution >= 0.6 is 11.3 Å². The van der Waals surface area contributed by atoms with E-state index in [2.05, 4.69) is 49.0 Å². The van der Waals surface area contributed by atoms with Crippen LogP contribution in [-0.4, -0.2) is 22.5 Å². The minimum atomic E-state index is -0.168. The highest BCUT2D eigenvalue weighted by Crippen LogP contribution is 2.32. The van der Waals surface area contributed by atoms with Gasteiger partial charge in [-0.25, -0.2) is 4.98 Å². The average molecular weight is 396 g/mol. The second-order valence-electron chi connectivity index (χ2n) is 7.69. The number of pyridine rings is 1. The van der Waals surface area contributed by atoms with Gasteiger partial charge in [-0.3, -0.25) is 9.78 Å². The van der Waals surface area contributed by atoms with E-state index in [4.69, 9.17) is 4.74 Å². The number of hydrogen-bond donors (Lipinski definition) is 1. The highest BCUT2D eigenvalue weighted by molar-refractivity contribution is 7.13. The van der Waals surface area contributed by atoms with Gasteiger partial charge < -0.3 is 10.1 Å². The van der Waals surface area contributed by atoms with Crippen LogP contribution in [0.2, 0.25) is 0 Å². The number of nitrogens with one attached hydrogen (secondary N) is 1. The number of aromatic nitrogens is 2. The van der Waals surface area contributed by atoms with Crippen molar-refractivity contribution in [2.75, 3.05) is 6.61 Å². The molecule has 0 radical (unpaired) electrons. The van der Waals surface area contributed by atoms with Crippen LogP contribution in [0.4, 0.5) is 0 Å². The maximum Gasteiger partial charge on any atom is 0.258 e. The molecule has 0 unspecified atom stereocenters. The summed E-state index contributed by atoms with van der Waals surface area (Å²) in [5.41, 5.74) is 4.07. The number of benzene rings is 1. The number of aryl methyl sites for hydroxylation is 1. The fourth-order valence-corrected chi connectivity index (χ4v) is 3.58. The summed E-state index contributed by atoms with van der Waals surface area (Å²) >= 11 is 1.55. The van der Waals surface area contributed by atoms with Crippen molar-refractivity contribution in [3.8, 4) is 16.3 Å². The summed E-state index contributed by atoms with van der Waals surface area (Å²) in [6, 6.07) is 9.89. The van der Waals surface area contributed by atoms with Gasteiger partial charge in [0.15, 0.2) is 6.61 Å². The summed E-state index contributed by atoms with van der Waals surface area (Å²) in [5.74, 6) is 0.584. The van der Waals surface area contributed by atoms with E-state index in [1.54, 1.807) is 23.7 Å². The molecule has 3 aromatic rings. The van der Waals surface area contributed by atoms with E-state index in [9.17, 15) is 4.79 Å². The smallest absolute Gasteiger partial charge is 0.258 e. The van der Waals surface area contributed by atoms with Crippen LogP contribution < -0.4 is 10.1 Å². The number of carbonyl (C=O) groups excluding carboxylic acids is 1. The average Bonchev–Trinajstić information content (AvgIpc) is 3.14. The molecule has 0 bridgehead atoms. The molecule has 0 spiro atoms. The first-order valence-electron chi connectivity index (χ1n) is 9.18. The zero-order chi connectivity index (χ0) is 20.1. The summed E-state index contributed by atoms with van der Waals surface area (Å²) in [5, 5.41) is 5.74. The van der Waals surface area contributed by atoms with Gasteiger partial charge >= 0.3 is 0 Å². The number of ether oxygens (including phenoxy) is 1. The maximum atomic E-state index is 12.2. The molecule has 1 aromatic carbocycles. The van der Waals surface area contributed by atoms with Gasteiger partial charge in [-0.2, -0.15) is 0 Å². The third-order valence-corrected chi connectivity index (χ3v) is 5.19. The minimum absolute atomic E-state index is 0.0203. The highest BCUT2D eigenvalue weighted by atomic mass is 32.1. The number of nitrogens with zero attached hydrogens (tertiary/aromatic N) is 2. The van der Waals surface area contributed by atoms with Gasteiger partial charge in [0.25, 0.3) is 5.91 Å². The molecule has 0 aliphatic heterocycles. The van der Waals surface area contributed by atoms with Gasteiger partial charge in [-0.15, -0.1) is 11.3 Å². The Kier molecular flexibility index (Phi) is 6.09. The Morgan fingerprint density at radius 2 is 1.93 bits per heavy atom. The monoisotopic (exact) mass is 395 g/mol. The lowest BCUT2D eigenvalue weighted by Crippen LogP contribution is -2.29.